The number of hydrogen-bond acceptors (Lipinski definition) is 7. The number of alkyl halides is 3. The van der Waals surface area contributed by atoms with Crippen LogP contribution >= 0.6 is 11.3 Å². The Morgan fingerprint density at radius 2 is 2.06 bits per heavy atom. The Morgan fingerprint density at radius 3 is 2.66 bits per heavy atom. The molecule has 176 valence electrons. The number of ether oxygens (including phenoxy) is 1. The van der Waals surface area contributed by atoms with E-state index >= 15 is 0 Å². The molecule has 2 fully saturated rings. The van der Waals surface area contributed by atoms with E-state index in [-0.39, 0.29) is 11.9 Å². The standard InChI is InChI=1S/C16H18FN3O3S2.C2HF3O2/c17-13-3-1-6-18-15(13)19-12-9-16(23-10-12)5-7-20(11-16)25(21,22)14-4-2-8-24-14;3-2(4,5)1(6)7/h1-4,6,8,12H,5,7,9-11H2,(H,18,19);(H,6,7). The van der Waals surface area contributed by atoms with Crippen LogP contribution in [0.1, 0.15) is 12.8 Å². The maximum atomic E-state index is 13.7. The summed E-state index contributed by atoms with van der Waals surface area (Å²) in [5.74, 6) is -2.96. The van der Waals surface area contributed by atoms with Gasteiger partial charge in [-0.05, 0) is 30.0 Å². The fourth-order valence-electron chi connectivity index (χ4n) is 3.46. The lowest BCUT2D eigenvalue weighted by Crippen LogP contribution is -2.36. The molecule has 0 radical (unpaired) electrons. The number of sulfonamides is 1. The van der Waals surface area contributed by atoms with Gasteiger partial charge in [-0.15, -0.1) is 11.3 Å². The van der Waals surface area contributed by atoms with Crippen LogP contribution in [-0.2, 0) is 19.6 Å². The van der Waals surface area contributed by atoms with Crippen molar-refractivity contribution in [3.63, 3.8) is 0 Å². The highest BCUT2D eigenvalue weighted by Crippen LogP contribution is 2.38. The Labute approximate surface area is 184 Å². The smallest absolute Gasteiger partial charge is 0.475 e. The van der Waals surface area contributed by atoms with Crippen molar-refractivity contribution in [2.75, 3.05) is 25.0 Å². The van der Waals surface area contributed by atoms with E-state index in [0.29, 0.717) is 36.7 Å². The minimum Gasteiger partial charge on any atom is -0.475 e. The zero-order valence-electron chi connectivity index (χ0n) is 16.4. The first-order valence-corrected chi connectivity index (χ1v) is 11.6. The van der Waals surface area contributed by atoms with Gasteiger partial charge in [-0.3, -0.25) is 0 Å². The normalized spacial score (nSPS) is 23.7. The molecule has 2 saturated heterocycles. The first-order valence-electron chi connectivity index (χ1n) is 9.28. The molecule has 2 aliphatic heterocycles. The summed E-state index contributed by atoms with van der Waals surface area (Å²) in [6.45, 7) is 1.17. The molecule has 4 heterocycles. The third kappa shape index (κ3) is 5.54. The van der Waals surface area contributed by atoms with Crippen LogP contribution in [0.15, 0.2) is 40.1 Å². The van der Waals surface area contributed by atoms with Gasteiger partial charge in [0.1, 0.15) is 4.21 Å². The van der Waals surface area contributed by atoms with Gasteiger partial charge in [0.15, 0.2) is 11.6 Å². The predicted molar refractivity (Wildman–Crippen MR) is 106 cm³/mol. The number of pyridine rings is 1. The summed E-state index contributed by atoms with van der Waals surface area (Å²) in [7, 11) is -3.46. The molecule has 0 amide bonds. The third-order valence-corrected chi connectivity index (χ3v) is 8.14. The molecule has 2 aromatic heterocycles. The minimum atomic E-state index is -5.08. The molecule has 2 atom stereocenters. The van der Waals surface area contributed by atoms with Gasteiger partial charge >= 0.3 is 12.1 Å². The van der Waals surface area contributed by atoms with Crippen LogP contribution in [0.25, 0.3) is 0 Å². The van der Waals surface area contributed by atoms with Gasteiger partial charge in [0.2, 0.25) is 0 Å². The lowest BCUT2D eigenvalue weighted by atomic mass is 9.97. The van der Waals surface area contributed by atoms with Crippen molar-refractivity contribution in [1.29, 1.82) is 0 Å². The minimum absolute atomic E-state index is 0.0891. The maximum absolute atomic E-state index is 13.7. The maximum Gasteiger partial charge on any atom is 0.490 e. The summed E-state index contributed by atoms with van der Waals surface area (Å²) in [5, 5.41) is 11.9. The Morgan fingerprint density at radius 1 is 1.34 bits per heavy atom. The average molecular weight is 497 g/mol. The molecule has 2 unspecified atom stereocenters. The quantitative estimate of drug-likeness (QED) is 0.626. The molecule has 0 saturated carbocycles. The lowest BCUT2D eigenvalue weighted by Gasteiger charge is -2.23. The monoisotopic (exact) mass is 497 g/mol. The van der Waals surface area contributed by atoms with Crippen LogP contribution < -0.4 is 5.32 Å². The van der Waals surface area contributed by atoms with Crippen molar-refractivity contribution < 1.29 is 40.6 Å². The van der Waals surface area contributed by atoms with Crippen molar-refractivity contribution in [3.05, 3.63) is 41.7 Å². The van der Waals surface area contributed by atoms with E-state index in [4.69, 9.17) is 14.6 Å². The number of hydrogen-bond donors (Lipinski definition) is 2. The number of carboxylic acids is 1. The van der Waals surface area contributed by atoms with Gasteiger partial charge < -0.3 is 15.2 Å². The van der Waals surface area contributed by atoms with Crippen LogP contribution in [0.5, 0.6) is 0 Å². The van der Waals surface area contributed by atoms with Crippen molar-refractivity contribution >= 4 is 33.1 Å². The molecule has 0 aliphatic carbocycles. The van der Waals surface area contributed by atoms with E-state index in [1.54, 1.807) is 17.5 Å². The molecule has 2 aliphatic rings. The number of nitrogens with one attached hydrogen (secondary N) is 1. The van der Waals surface area contributed by atoms with Crippen LogP contribution in [0.2, 0.25) is 0 Å². The Kier molecular flexibility index (Phi) is 7.07. The van der Waals surface area contributed by atoms with Crippen LogP contribution in [0.3, 0.4) is 0 Å². The molecule has 1 spiro atoms. The van der Waals surface area contributed by atoms with Crippen LogP contribution in [0, 0.1) is 5.82 Å². The highest BCUT2D eigenvalue weighted by atomic mass is 32.2. The van der Waals surface area contributed by atoms with Gasteiger partial charge in [0.05, 0.1) is 18.2 Å². The fourth-order valence-corrected chi connectivity index (χ4v) is 6.12. The summed E-state index contributed by atoms with van der Waals surface area (Å²) in [4.78, 5) is 12.9. The molecule has 8 nitrogen and oxygen atoms in total. The highest BCUT2D eigenvalue weighted by molar-refractivity contribution is 7.91. The second-order valence-corrected chi connectivity index (χ2v) is 10.3. The number of aromatic nitrogens is 1. The number of carboxylic acid groups (broad SMARTS) is 1. The van der Waals surface area contributed by atoms with Crippen LogP contribution in [-0.4, -0.2) is 66.3 Å². The molecule has 2 aromatic rings. The molecular formula is C18H19F4N3O5S2. The van der Waals surface area contributed by atoms with Gasteiger partial charge in [-0.1, -0.05) is 6.07 Å². The highest BCUT2D eigenvalue weighted by Gasteiger charge is 2.49. The van der Waals surface area contributed by atoms with E-state index in [9.17, 15) is 26.0 Å². The molecule has 14 heteroatoms. The average Bonchev–Trinajstić information content (AvgIpc) is 3.46. The summed E-state index contributed by atoms with van der Waals surface area (Å²) < 4.78 is 78.6. The largest absolute Gasteiger partial charge is 0.490 e. The van der Waals surface area contributed by atoms with Crippen LogP contribution in [0.4, 0.5) is 23.4 Å². The third-order valence-electron chi connectivity index (χ3n) is 4.92. The number of rotatable bonds is 4. The zero-order chi connectivity index (χ0) is 23.6. The zero-order valence-corrected chi connectivity index (χ0v) is 18.0. The Hall–Kier alpha value is -2.29. The van der Waals surface area contributed by atoms with Crippen molar-refractivity contribution in [2.24, 2.45) is 0 Å². The predicted octanol–water partition coefficient (Wildman–Crippen LogP) is 2.95. The molecular weight excluding hydrogens is 478 g/mol. The van der Waals surface area contributed by atoms with Gasteiger partial charge in [0, 0.05) is 25.7 Å². The van der Waals surface area contributed by atoms with E-state index < -0.39 is 33.6 Å². The molecule has 32 heavy (non-hydrogen) atoms. The number of anilines is 1. The van der Waals surface area contributed by atoms with Crippen molar-refractivity contribution in [1.82, 2.24) is 9.29 Å². The van der Waals surface area contributed by atoms with E-state index in [1.165, 1.54) is 34.0 Å². The molecule has 2 N–H and O–H groups in total. The first-order chi connectivity index (χ1) is 14.9. The summed E-state index contributed by atoms with van der Waals surface area (Å²) in [6, 6.07) is 6.16. The van der Waals surface area contributed by atoms with E-state index in [0.717, 1.165) is 0 Å². The number of aliphatic carboxylic acids is 1. The Balaban J connectivity index is 0.000000360. The Bertz CT molecular complexity index is 1050. The SMILES string of the molecule is O=C(O)C(F)(F)F.O=S(=O)(c1cccs1)N1CCC2(CC(Nc3ncccc3F)CO2)C1. The second kappa shape index (κ2) is 9.29. The van der Waals surface area contributed by atoms with Gasteiger partial charge in [-0.25, -0.2) is 22.6 Å². The van der Waals surface area contributed by atoms with Gasteiger partial charge in [0.25, 0.3) is 10.0 Å². The van der Waals surface area contributed by atoms with Gasteiger partial charge in [-0.2, -0.15) is 17.5 Å². The number of carbonyl (C=O) groups is 1. The van der Waals surface area contributed by atoms with E-state index in [1.807, 2.05) is 0 Å². The fraction of sp³-hybridized carbons (Fsp3) is 0.444. The summed E-state index contributed by atoms with van der Waals surface area (Å²) in [6.07, 6.45) is -2.29. The molecule has 4 rings (SSSR count). The van der Waals surface area contributed by atoms with Crippen molar-refractivity contribution in [3.8, 4) is 0 Å². The first kappa shape index (κ1) is 24.4. The van der Waals surface area contributed by atoms with Crippen molar-refractivity contribution in [2.45, 2.75) is 34.9 Å². The van der Waals surface area contributed by atoms with E-state index in [2.05, 4.69) is 10.3 Å². The molecule has 0 bridgehead atoms. The lowest BCUT2D eigenvalue weighted by molar-refractivity contribution is -0.192. The second-order valence-electron chi connectivity index (χ2n) is 7.20. The number of halogens is 4. The molecule has 0 aromatic carbocycles. The summed E-state index contributed by atoms with van der Waals surface area (Å²) >= 11 is 1.22. The summed E-state index contributed by atoms with van der Waals surface area (Å²) in [5.41, 5.74) is -0.507. The topological polar surface area (TPSA) is 109 Å². The number of thiophene rings is 1. The number of nitrogens with zero attached hydrogens (tertiary/aromatic N) is 2.